The molecule has 5 heteroatoms. The van der Waals surface area contributed by atoms with E-state index in [1.165, 1.54) is 16.8 Å². The van der Waals surface area contributed by atoms with Gasteiger partial charge in [0.05, 0.1) is 5.75 Å². The van der Waals surface area contributed by atoms with E-state index < -0.39 is 10.0 Å². The van der Waals surface area contributed by atoms with Crippen LogP contribution in [0.1, 0.15) is 38.3 Å². The number of aryl methyl sites for hydroxylation is 1. The van der Waals surface area contributed by atoms with E-state index >= 15 is 0 Å². The zero-order valence-electron chi connectivity index (χ0n) is 13.2. The highest BCUT2D eigenvalue weighted by Crippen LogP contribution is 2.26. The Morgan fingerprint density at radius 2 is 2.05 bits per heavy atom. The van der Waals surface area contributed by atoms with Crippen molar-refractivity contribution in [2.45, 2.75) is 40.0 Å². The van der Waals surface area contributed by atoms with Gasteiger partial charge in [0, 0.05) is 18.8 Å². The third-order valence-electron chi connectivity index (χ3n) is 3.50. The van der Waals surface area contributed by atoms with Crippen molar-refractivity contribution in [3.05, 3.63) is 29.3 Å². The van der Waals surface area contributed by atoms with Crippen LogP contribution in [0.3, 0.4) is 0 Å². The van der Waals surface area contributed by atoms with Gasteiger partial charge in [0.15, 0.2) is 0 Å². The summed E-state index contributed by atoms with van der Waals surface area (Å²) in [4.78, 5) is 0. The lowest BCUT2D eigenvalue weighted by Crippen LogP contribution is -2.33. The predicted molar refractivity (Wildman–Crippen MR) is 88.2 cm³/mol. The van der Waals surface area contributed by atoms with E-state index in [0.717, 1.165) is 25.8 Å². The summed E-state index contributed by atoms with van der Waals surface area (Å²) in [7, 11) is -3.20. The van der Waals surface area contributed by atoms with Crippen molar-refractivity contribution in [3.63, 3.8) is 0 Å². The second kappa shape index (κ2) is 6.36. The minimum atomic E-state index is -3.20. The van der Waals surface area contributed by atoms with Gasteiger partial charge < -0.3 is 5.32 Å². The Morgan fingerprint density at radius 3 is 2.76 bits per heavy atom. The maximum atomic E-state index is 12.0. The first-order valence-corrected chi connectivity index (χ1v) is 9.24. The van der Waals surface area contributed by atoms with Crippen molar-refractivity contribution in [1.82, 2.24) is 4.72 Å². The first-order chi connectivity index (χ1) is 9.77. The Bertz CT molecular complexity index is 589. The molecule has 0 atom stereocenters. The maximum Gasteiger partial charge on any atom is 0.212 e. The van der Waals surface area contributed by atoms with Crippen LogP contribution in [0.25, 0.3) is 0 Å². The maximum absolute atomic E-state index is 12.0. The van der Waals surface area contributed by atoms with Crippen LogP contribution in [0.15, 0.2) is 18.2 Å². The van der Waals surface area contributed by atoms with Crippen molar-refractivity contribution in [2.75, 3.05) is 24.2 Å². The number of hydrogen-bond acceptors (Lipinski definition) is 3. The lowest BCUT2D eigenvalue weighted by molar-refractivity contribution is 0.458. The minimum Gasteiger partial charge on any atom is -0.385 e. The predicted octanol–water partition coefficient (Wildman–Crippen LogP) is 2.55. The van der Waals surface area contributed by atoms with Crippen molar-refractivity contribution in [3.8, 4) is 0 Å². The molecule has 0 fully saturated rings. The number of anilines is 1. The van der Waals surface area contributed by atoms with Crippen LogP contribution in [-0.4, -0.2) is 27.3 Å². The highest BCUT2D eigenvalue weighted by Gasteiger charge is 2.21. The summed E-state index contributed by atoms with van der Waals surface area (Å²) in [5.41, 5.74) is 3.53. The average Bonchev–Trinajstić information content (AvgIpc) is 2.36. The minimum absolute atomic E-state index is 0.158. The number of sulfonamides is 1. The summed E-state index contributed by atoms with van der Waals surface area (Å²) in [6, 6.07) is 6.29. The van der Waals surface area contributed by atoms with Gasteiger partial charge in [-0.2, -0.15) is 0 Å². The molecule has 1 aliphatic rings. The van der Waals surface area contributed by atoms with Crippen molar-refractivity contribution >= 4 is 15.7 Å². The van der Waals surface area contributed by atoms with E-state index in [1.54, 1.807) is 0 Å². The van der Waals surface area contributed by atoms with Crippen LogP contribution >= 0.6 is 0 Å². The molecular weight excluding hydrogens is 284 g/mol. The Morgan fingerprint density at radius 1 is 1.29 bits per heavy atom. The molecule has 0 unspecified atom stereocenters. The van der Waals surface area contributed by atoms with Crippen molar-refractivity contribution in [1.29, 1.82) is 0 Å². The summed E-state index contributed by atoms with van der Waals surface area (Å²) >= 11 is 0. The zero-order valence-corrected chi connectivity index (χ0v) is 14.0. The number of nitrogens with one attached hydrogen (secondary N) is 2. The fraction of sp³-hybridized carbons (Fsp3) is 0.625. The van der Waals surface area contributed by atoms with Crippen LogP contribution in [0.4, 0.5) is 5.69 Å². The molecule has 4 nitrogen and oxygen atoms in total. The van der Waals surface area contributed by atoms with Crippen LogP contribution in [-0.2, 0) is 22.9 Å². The van der Waals surface area contributed by atoms with E-state index in [4.69, 9.17) is 0 Å². The first-order valence-electron chi connectivity index (χ1n) is 7.59. The Balaban J connectivity index is 1.95. The van der Waals surface area contributed by atoms with Crippen LogP contribution in [0.2, 0.25) is 0 Å². The lowest BCUT2D eigenvalue weighted by atomic mass is 9.98. The molecular formula is C16H26N2O2S. The Labute approximate surface area is 128 Å². The van der Waals surface area contributed by atoms with E-state index in [2.05, 4.69) is 28.2 Å². The first kappa shape index (κ1) is 16.3. The standard InChI is InChI=1S/C16H26N2O2S/c1-16(2,3)12-21(19,20)18-11-9-14-7-4-6-13-8-5-10-17-15(13)14/h4,6-7,17-18H,5,8-12H2,1-3H3. The van der Waals surface area contributed by atoms with Gasteiger partial charge in [-0.25, -0.2) is 13.1 Å². The zero-order chi connectivity index (χ0) is 15.5. The van der Waals surface area contributed by atoms with Gasteiger partial charge in [-0.3, -0.25) is 0 Å². The second-order valence-electron chi connectivity index (χ2n) is 6.95. The topological polar surface area (TPSA) is 58.2 Å². The summed E-state index contributed by atoms with van der Waals surface area (Å²) < 4.78 is 26.7. The molecule has 2 N–H and O–H groups in total. The van der Waals surface area contributed by atoms with Crippen molar-refractivity contribution in [2.24, 2.45) is 5.41 Å². The molecule has 0 aliphatic carbocycles. The molecule has 0 saturated carbocycles. The normalized spacial score (nSPS) is 15.4. The fourth-order valence-electron chi connectivity index (χ4n) is 2.75. The van der Waals surface area contributed by atoms with E-state index in [-0.39, 0.29) is 11.2 Å². The number of para-hydroxylation sites is 1. The molecule has 0 saturated heterocycles. The van der Waals surface area contributed by atoms with E-state index in [0.29, 0.717) is 6.54 Å². The molecule has 0 radical (unpaired) electrons. The fourth-order valence-corrected chi connectivity index (χ4v) is 4.41. The molecule has 1 aromatic rings. The molecule has 1 heterocycles. The molecule has 0 spiro atoms. The third kappa shape index (κ3) is 5.00. The highest BCUT2D eigenvalue weighted by molar-refractivity contribution is 7.89. The number of rotatable bonds is 5. The van der Waals surface area contributed by atoms with Gasteiger partial charge in [-0.1, -0.05) is 39.0 Å². The third-order valence-corrected chi connectivity index (χ3v) is 5.39. The summed E-state index contributed by atoms with van der Waals surface area (Å²) in [6.45, 7) is 7.26. The average molecular weight is 310 g/mol. The van der Waals surface area contributed by atoms with Crippen LogP contribution < -0.4 is 10.0 Å². The van der Waals surface area contributed by atoms with Crippen molar-refractivity contribution < 1.29 is 8.42 Å². The molecule has 21 heavy (non-hydrogen) atoms. The molecule has 1 aromatic carbocycles. The second-order valence-corrected chi connectivity index (χ2v) is 8.75. The summed E-state index contributed by atoms with van der Waals surface area (Å²) in [6.07, 6.45) is 2.99. The number of hydrogen-bond donors (Lipinski definition) is 2. The van der Waals surface area contributed by atoms with Crippen LogP contribution in [0, 0.1) is 5.41 Å². The number of fused-ring (bicyclic) bond motifs is 1. The van der Waals surface area contributed by atoms with Gasteiger partial charge in [-0.15, -0.1) is 0 Å². The molecule has 118 valence electrons. The van der Waals surface area contributed by atoms with Gasteiger partial charge in [-0.05, 0) is 35.8 Å². The smallest absolute Gasteiger partial charge is 0.212 e. The Hall–Kier alpha value is -1.07. The van der Waals surface area contributed by atoms with Gasteiger partial charge >= 0.3 is 0 Å². The van der Waals surface area contributed by atoms with E-state index in [9.17, 15) is 8.42 Å². The van der Waals surface area contributed by atoms with E-state index in [1.807, 2.05) is 20.8 Å². The molecule has 0 bridgehead atoms. The summed E-state index contributed by atoms with van der Waals surface area (Å²) in [5, 5.41) is 3.44. The Kier molecular flexibility index (Phi) is 4.94. The van der Waals surface area contributed by atoms with Gasteiger partial charge in [0.2, 0.25) is 10.0 Å². The van der Waals surface area contributed by atoms with Crippen LogP contribution in [0.5, 0.6) is 0 Å². The highest BCUT2D eigenvalue weighted by atomic mass is 32.2. The monoisotopic (exact) mass is 310 g/mol. The molecule has 0 aromatic heterocycles. The summed E-state index contributed by atoms with van der Waals surface area (Å²) in [5.74, 6) is 0.158. The van der Waals surface area contributed by atoms with Gasteiger partial charge in [0.25, 0.3) is 0 Å². The molecule has 0 amide bonds. The SMILES string of the molecule is CC(C)(C)CS(=O)(=O)NCCc1cccc2c1NCCC2. The van der Waals surface area contributed by atoms with Gasteiger partial charge in [0.1, 0.15) is 0 Å². The molecule has 2 rings (SSSR count). The molecule has 1 aliphatic heterocycles. The quantitative estimate of drug-likeness (QED) is 0.879. The lowest BCUT2D eigenvalue weighted by Gasteiger charge is -2.22. The largest absolute Gasteiger partial charge is 0.385 e. The number of benzene rings is 1.